The zero-order valence-corrected chi connectivity index (χ0v) is 17.8. The van der Waals surface area contributed by atoms with E-state index in [0.717, 1.165) is 5.56 Å². The first-order valence-electron chi connectivity index (χ1n) is 9.60. The van der Waals surface area contributed by atoms with Crippen molar-refractivity contribution in [2.24, 2.45) is 0 Å². The third-order valence-electron chi connectivity index (χ3n) is 4.07. The lowest BCUT2D eigenvalue weighted by Gasteiger charge is -2.26. The van der Waals surface area contributed by atoms with E-state index in [-0.39, 0.29) is 30.5 Å². The molecule has 0 amide bonds. The Morgan fingerprint density at radius 2 is 1.60 bits per heavy atom. The molecule has 2 N–H and O–H groups in total. The van der Waals surface area contributed by atoms with Gasteiger partial charge in [0.05, 0.1) is 12.5 Å². The first-order valence-corrected chi connectivity index (χ1v) is 11.1. The number of nitrogens with one attached hydrogen (secondary N) is 1. The highest BCUT2D eigenvalue weighted by Gasteiger charge is 2.31. The number of carboxylic acid groups (broad SMARTS) is 1. The van der Waals surface area contributed by atoms with Gasteiger partial charge in [-0.25, -0.2) is 13.1 Å². The summed E-state index contributed by atoms with van der Waals surface area (Å²) in [5.74, 6) is -1.02. The van der Waals surface area contributed by atoms with E-state index in [0.29, 0.717) is 0 Å². The highest BCUT2D eigenvalue weighted by Crippen LogP contribution is 2.25. The minimum absolute atomic E-state index is 0.0944. The van der Waals surface area contributed by atoms with Gasteiger partial charge in [-0.3, -0.25) is 4.79 Å². The van der Waals surface area contributed by atoms with Crippen molar-refractivity contribution in [2.45, 2.75) is 44.1 Å². The molecule has 0 aromatic heterocycles. The summed E-state index contributed by atoms with van der Waals surface area (Å²) in [4.78, 5) is 11.2. The topological polar surface area (TPSA) is 111 Å². The maximum atomic E-state index is 13.1. The Morgan fingerprint density at radius 1 is 1.00 bits per heavy atom. The van der Waals surface area contributed by atoms with E-state index in [1.807, 2.05) is 30.3 Å². The Morgan fingerprint density at radius 3 is 2.20 bits per heavy atom. The number of carbonyl (C=O) groups is 1. The van der Waals surface area contributed by atoms with E-state index in [9.17, 15) is 18.3 Å². The Bertz CT molecular complexity index is 897. The molecule has 0 aliphatic carbocycles. The second-order valence-electron chi connectivity index (χ2n) is 6.33. The van der Waals surface area contributed by atoms with E-state index in [1.54, 1.807) is 32.0 Å². The fourth-order valence-corrected chi connectivity index (χ4v) is 4.15. The summed E-state index contributed by atoms with van der Waals surface area (Å²) >= 11 is 0. The summed E-state index contributed by atoms with van der Waals surface area (Å²) in [5, 5.41) is 9.23. The number of hydrogen-bond donors (Lipinski definition) is 2. The lowest BCUT2D eigenvalue weighted by Crippen LogP contribution is -2.47. The predicted molar refractivity (Wildman–Crippen MR) is 111 cm³/mol. The second kappa shape index (κ2) is 11.7. The molecule has 0 heterocycles. The van der Waals surface area contributed by atoms with Crippen LogP contribution in [0.3, 0.4) is 0 Å². The third kappa shape index (κ3) is 7.10. The summed E-state index contributed by atoms with van der Waals surface area (Å²) in [6, 6.07) is 14.4. The average molecular weight is 438 g/mol. The third-order valence-corrected chi connectivity index (χ3v) is 5.60. The number of ether oxygens (including phenoxy) is 3. The Balaban J connectivity index is 2.26. The van der Waals surface area contributed by atoms with E-state index in [2.05, 4.69) is 4.72 Å². The van der Waals surface area contributed by atoms with Crippen molar-refractivity contribution < 1.29 is 32.5 Å². The minimum atomic E-state index is -4.12. The molecule has 2 aromatic carbocycles. The van der Waals surface area contributed by atoms with Crippen LogP contribution in [0.4, 0.5) is 0 Å². The van der Waals surface area contributed by atoms with Crippen molar-refractivity contribution in [1.82, 2.24) is 4.72 Å². The van der Waals surface area contributed by atoms with E-state index >= 15 is 0 Å². The summed E-state index contributed by atoms with van der Waals surface area (Å²) < 4.78 is 45.1. The van der Waals surface area contributed by atoms with Gasteiger partial charge >= 0.3 is 5.97 Å². The summed E-state index contributed by atoms with van der Waals surface area (Å²) in [7, 11) is -4.12. The van der Waals surface area contributed by atoms with Gasteiger partial charge in [0.2, 0.25) is 10.0 Å². The van der Waals surface area contributed by atoms with Crippen LogP contribution in [-0.2, 0) is 30.9 Å². The van der Waals surface area contributed by atoms with Crippen molar-refractivity contribution >= 4 is 16.0 Å². The molecule has 0 saturated carbocycles. The minimum Gasteiger partial charge on any atom is -0.487 e. The molecule has 30 heavy (non-hydrogen) atoms. The standard InChI is InChI=1S/C21H27NO7S/c1-3-27-21(28-4-2)17(14-20(23)24)22-30(25,26)19-13-9-8-12-18(19)29-15-16-10-6-5-7-11-16/h5-13,17,21-22H,3-4,14-15H2,1-2H3,(H,23,24)/t17-/m0/s1. The van der Waals surface area contributed by atoms with Crippen molar-refractivity contribution in [3.05, 3.63) is 60.2 Å². The quantitative estimate of drug-likeness (QED) is 0.464. The summed E-state index contributed by atoms with van der Waals surface area (Å²) in [6.07, 6.45) is -1.54. The molecule has 2 aromatic rings. The molecule has 0 aliphatic heterocycles. The van der Waals surface area contributed by atoms with Crippen LogP contribution in [0, 0.1) is 0 Å². The van der Waals surface area contributed by atoms with Crippen molar-refractivity contribution in [1.29, 1.82) is 0 Å². The van der Waals surface area contributed by atoms with Crippen LogP contribution >= 0.6 is 0 Å². The molecule has 0 unspecified atom stereocenters. The Labute approximate surface area is 176 Å². The van der Waals surface area contributed by atoms with Gasteiger partial charge in [-0.2, -0.15) is 0 Å². The van der Waals surface area contributed by atoms with Crippen LogP contribution in [-0.4, -0.2) is 45.0 Å². The van der Waals surface area contributed by atoms with Crippen LogP contribution in [0.5, 0.6) is 5.75 Å². The number of aliphatic carboxylic acids is 1. The molecule has 0 saturated heterocycles. The van der Waals surface area contributed by atoms with Crippen molar-refractivity contribution in [3.63, 3.8) is 0 Å². The molecule has 0 aliphatic rings. The second-order valence-corrected chi connectivity index (χ2v) is 8.01. The molecule has 2 rings (SSSR count). The smallest absolute Gasteiger partial charge is 0.305 e. The molecule has 0 radical (unpaired) electrons. The van der Waals surface area contributed by atoms with Gasteiger partial charge in [0.15, 0.2) is 6.29 Å². The van der Waals surface area contributed by atoms with Crippen LogP contribution < -0.4 is 9.46 Å². The fraction of sp³-hybridized carbons (Fsp3) is 0.381. The van der Waals surface area contributed by atoms with Gasteiger partial charge in [-0.1, -0.05) is 42.5 Å². The van der Waals surface area contributed by atoms with Crippen LogP contribution in [0.1, 0.15) is 25.8 Å². The lowest BCUT2D eigenvalue weighted by atomic mass is 10.2. The average Bonchev–Trinajstić information content (AvgIpc) is 2.72. The first-order chi connectivity index (χ1) is 14.4. The van der Waals surface area contributed by atoms with Crippen LogP contribution in [0.15, 0.2) is 59.5 Å². The zero-order valence-electron chi connectivity index (χ0n) is 17.0. The molecule has 0 spiro atoms. The van der Waals surface area contributed by atoms with Crippen molar-refractivity contribution in [2.75, 3.05) is 13.2 Å². The summed E-state index contributed by atoms with van der Waals surface area (Å²) in [5.41, 5.74) is 0.883. The molecule has 8 nitrogen and oxygen atoms in total. The SMILES string of the molecule is CCOC(OCC)[C@H](CC(=O)O)NS(=O)(=O)c1ccccc1OCc1ccccc1. The highest BCUT2D eigenvalue weighted by atomic mass is 32.2. The monoisotopic (exact) mass is 437 g/mol. The maximum Gasteiger partial charge on any atom is 0.305 e. The maximum absolute atomic E-state index is 13.1. The van der Waals surface area contributed by atoms with E-state index in [1.165, 1.54) is 6.07 Å². The first kappa shape index (κ1) is 23.8. The normalized spacial score (nSPS) is 12.6. The predicted octanol–water partition coefficient (Wildman–Crippen LogP) is 2.79. The number of hydrogen-bond acceptors (Lipinski definition) is 6. The number of benzene rings is 2. The van der Waals surface area contributed by atoms with Gasteiger partial charge in [0.25, 0.3) is 0 Å². The summed E-state index contributed by atoms with van der Waals surface area (Å²) in [6.45, 7) is 4.08. The van der Waals surface area contributed by atoms with Gasteiger partial charge in [0, 0.05) is 13.2 Å². The number of sulfonamides is 1. The lowest BCUT2D eigenvalue weighted by molar-refractivity contribution is -0.160. The zero-order chi connectivity index (χ0) is 22.0. The highest BCUT2D eigenvalue weighted by molar-refractivity contribution is 7.89. The number of rotatable bonds is 13. The van der Waals surface area contributed by atoms with Gasteiger partial charge in [0.1, 0.15) is 17.3 Å². The van der Waals surface area contributed by atoms with Crippen LogP contribution in [0.2, 0.25) is 0 Å². The molecule has 1 atom stereocenters. The molecule has 164 valence electrons. The fourth-order valence-electron chi connectivity index (χ4n) is 2.78. The van der Waals surface area contributed by atoms with E-state index < -0.39 is 34.7 Å². The van der Waals surface area contributed by atoms with Gasteiger partial charge in [-0.15, -0.1) is 0 Å². The van der Waals surface area contributed by atoms with Gasteiger partial charge < -0.3 is 19.3 Å². The molecule has 0 fully saturated rings. The molecule has 9 heteroatoms. The number of carboxylic acids is 1. The number of para-hydroxylation sites is 1. The van der Waals surface area contributed by atoms with E-state index in [4.69, 9.17) is 14.2 Å². The molecular formula is C21H27NO7S. The molecule has 0 bridgehead atoms. The molecular weight excluding hydrogens is 410 g/mol. The van der Waals surface area contributed by atoms with Gasteiger partial charge in [-0.05, 0) is 31.5 Å². The largest absolute Gasteiger partial charge is 0.487 e. The Kier molecular flexibility index (Phi) is 9.25. The Hall–Kier alpha value is -2.46. The van der Waals surface area contributed by atoms with Crippen molar-refractivity contribution in [3.8, 4) is 5.75 Å². The van der Waals surface area contributed by atoms with Crippen LogP contribution in [0.25, 0.3) is 0 Å².